The zero-order valence-electron chi connectivity index (χ0n) is 9.06. The number of carboxylic acids is 1. The van der Waals surface area contributed by atoms with Gasteiger partial charge in [0.25, 0.3) is 0 Å². The van der Waals surface area contributed by atoms with Crippen LogP contribution in [0.3, 0.4) is 0 Å². The summed E-state index contributed by atoms with van der Waals surface area (Å²) in [5, 5.41) is 11.3. The molecule has 0 amide bonds. The van der Waals surface area contributed by atoms with Crippen LogP contribution in [-0.4, -0.2) is 16.4 Å². The van der Waals surface area contributed by atoms with Gasteiger partial charge in [0, 0.05) is 5.33 Å². The Morgan fingerprint density at radius 1 is 1.24 bits per heavy atom. The minimum Gasteiger partial charge on any atom is -0.480 e. The lowest BCUT2D eigenvalue weighted by Crippen LogP contribution is -2.46. The molecule has 0 fully saturated rings. The predicted octanol–water partition coefficient (Wildman–Crippen LogP) is 2.47. The summed E-state index contributed by atoms with van der Waals surface area (Å²) in [7, 11) is 0. The van der Waals surface area contributed by atoms with Crippen LogP contribution < -0.4 is 5.73 Å². The molecule has 0 heterocycles. The molecule has 17 heavy (non-hydrogen) atoms. The third-order valence-corrected chi connectivity index (χ3v) is 3.75. The van der Waals surface area contributed by atoms with Gasteiger partial charge in [-0.05, 0) is 16.3 Å². The normalized spacial score (nSPS) is 14.5. The summed E-state index contributed by atoms with van der Waals surface area (Å²) in [4.78, 5) is 11.3. The maximum Gasteiger partial charge on any atom is 0.329 e. The van der Waals surface area contributed by atoms with Crippen LogP contribution in [0.1, 0.15) is 5.56 Å². The molecule has 0 aliphatic rings. The van der Waals surface area contributed by atoms with Crippen LogP contribution in [0.2, 0.25) is 0 Å². The first-order valence-electron chi connectivity index (χ1n) is 5.16. The SMILES string of the molecule is NC(CBr)(C(=O)O)c1cccc2ccccc12. The van der Waals surface area contributed by atoms with Crippen LogP contribution in [-0.2, 0) is 10.3 Å². The minimum absolute atomic E-state index is 0.170. The van der Waals surface area contributed by atoms with Gasteiger partial charge in [0.15, 0.2) is 5.54 Å². The minimum atomic E-state index is -1.40. The molecule has 1 unspecified atom stereocenters. The van der Waals surface area contributed by atoms with Crippen LogP contribution in [0.15, 0.2) is 42.5 Å². The lowest BCUT2D eigenvalue weighted by atomic mass is 9.89. The predicted molar refractivity (Wildman–Crippen MR) is 71.2 cm³/mol. The van der Waals surface area contributed by atoms with Crippen LogP contribution in [0.4, 0.5) is 0 Å². The van der Waals surface area contributed by atoms with Crippen molar-refractivity contribution in [3.63, 3.8) is 0 Å². The van der Waals surface area contributed by atoms with Gasteiger partial charge in [-0.1, -0.05) is 58.4 Å². The molecule has 0 spiro atoms. The molecule has 2 aromatic rings. The van der Waals surface area contributed by atoms with Gasteiger partial charge in [-0.3, -0.25) is 0 Å². The van der Waals surface area contributed by atoms with E-state index >= 15 is 0 Å². The largest absolute Gasteiger partial charge is 0.480 e. The van der Waals surface area contributed by atoms with E-state index in [0.717, 1.165) is 10.8 Å². The number of halogens is 1. The van der Waals surface area contributed by atoms with Crippen molar-refractivity contribution < 1.29 is 9.90 Å². The molecular formula is C13H12BrNO2. The van der Waals surface area contributed by atoms with Crippen molar-refractivity contribution in [2.45, 2.75) is 5.54 Å². The third kappa shape index (κ3) is 1.94. The Labute approximate surface area is 107 Å². The molecule has 0 aromatic heterocycles. The zero-order valence-corrected chi connectivity index (χ0v) is 10.6. The summed E-state index contributed by atoms with van der Waals surface area (Å²) in [6, 6.07) is 13.1. The summed E-state index contributed by atoms with van der Waals surface area (Å²) in [6.45, 7) is 0. The smallest absolute Gasteiger partial charge is 0.329 e. The molecule has 3 N–H and O–H groups in total. The number of benzene rings is 2. The number of hydrogen-bond donors (Lipinski definition) is 2. The molecule has 88 valence electrons. The van der Waals surface area contributed by atoms with Gasteiger partial charge < -0.3 is 10.8 Å². The molecule has 0 bridgehead atoms. The van der Waals surface area contributed by atoms with Crippen molar-refractivity contribution in [2.75, 3.05) is 5.33 Å². The number of nitrogens with two attached hydrogens (primary N) is 1. The van der Waals surface area contributed by atoms with Crippen molar-refractivity contribution in [3.8, 4) is 0 Å². The molecular weight excluding hydrogens is 282 g/mol. The fourth-order valence-electron chi connectivity index (χ4n) is 1.86. The van der Waals surface area contributed by atoms with Crippen LogP contribution in [0, 0.1) is 0 Å². The van der Waals surface area contributed by atoms with Gasteiger partial charge in [0.1, 0.15) is 0 Å². The number of hydrogen-bond acceptors (Lipinski definition) is 2. The van der Waals surface area contributed by atoms with Crippen LogP contribution in [0.25, 0.3) is 10.8 Å². The second-order valence-corrected chi connectivity index (χ2v) is 4.50. The Hall–Kier alpha value is -1.39. The quantitative estimate of drug-likeness (QED) is 0.855. The Balaban J connectivity index is 2.74. The van der Waals surface area contributed by atoms with Crippen molar-refractivity contribution >= 4 is 32.7 Å². The van der Waals surface area contributed by atoms with E-state index < -0.39 is 11.5 Å². The van der Waals surface area contributed by atoms with E-state index in [2.05, 4.69) is 15.9 Å². The topological polar surface area (TPSA) is 63.3 Å². The average molecular weight is 294 g/mol. The molecule has 0 saturated heterocycles. The highest BCUT2D eigenvalue weighted by Crippen LogP contribution is 2.28. The van der Waals surface area contributed by atoms with Crippen molar-refractivity contribution in [1.29, 1.82) is 0 Å². The fourth-order valence-corrected chi connectivity index (χ4v) is 2.40. The van der Waals surface area contributed by atoms with Gasteiger partial charge in [-0.15, -0.1) is 0 Å². The van der Waals surface area contributed by atoms with E-state index in [0.29, 0.717) is 5.56 Å². The Morgan fingerprint density at radius 2 is 1.88 bits per heavy atom. The van der Waals surface area contributed by atoms with E-state index in [-0.39, 0.29) is 5.33 Å². The monoisotopic (exact) mass is 293 g/mol. The maximum absolute atomic E-state index is 11.3. The van der Waals surface area contributed by atoms with Crippen molar-refractivity contribution in [1.82, 2.24) is 0 Å². The van der Waals surface area contributed by atoms with Gasteiger partial charge >= 0.3 is 5.97 Å². The summed E-state index contributed by atoms with van der Waals surface area (Å²) >= 11 is 3.19. The van der Waals surface area contributed by atoms with Crippen molar-refractivity contribution in [3.05, 3.63) is 48.0 Å². The highest BCUT2D eigenvalue weighted by Gasteiger charge is 2.36. The average Bonchev–Trinajstić information content (AvgIpc) is 2.37. The van der Waals surface area contributed by atoms with E-state index in [9.17, 15) is 9.90 Å². The lowest BCUT2D eigenvalue weighted by Gasteiger charge is -2.24. The first-order valence-corrected chi connectivity index (χ1v) is 6.28. The lowest BCUT2D eigenvalue weighted by molar-refractivity contribution is -0.142. The van der Waals surface area contributed by atoms with Crippen molar-refractivity contribution in [2.24, 2.45) is 5.73 Å². The number of alkyl halides is 1. The number of carboxylic acid groups (broad SMARTS) is 1. The third-order valence-electron chi connectivity index (χ3n) is 2.86. The molecule has 0 radical (unpaired) electrons. The molecule has 4 heteroatoms. The zero-order chi connectivity index (χ0) is 12.5. The first kappa shape index (κ1) is 12.1. The maximum atomic E-state index is 11.3. The summed E-state index contributed by atoms with van der Waals surface area (Å²) in [5.41, 5.74) is 5.20. The van der Waals surface area contributed by atoms with Gasteiger partial charge in [-0.25, -0.2) is 4.79 Å². The number of aliphatic carboxylic acids is 1. The Morgan fingerprint density at radius 3 is 2.53 bits per heavy atom. The molecule has 0 aliphatic heterocycles. The summed E-state index contributed by atoms with van der Waals surface area (Å²) in [6.07, 6.45) is 0. The summed E-state index contributed by atoms with van der Waals surface area (Å²) in [5.74, 6) is -1.04. The molecule has 3 nitrogen and oxygen atoms in total. The Kier molecular flexibility index (Phi) is 3.17. The van der Waals surface area contributed by atoms with Crippen LogP contribution >= 0.6 is 15.9 Å². The fraction of sp³-hybridized carbons (Fsp3) is 0.154. The van der Waals surface area contributed by atoms with Gasteiger partial charge in [-0.2, -0.15) is 0 Å². The standard InChI is InChI=1S/C13H12BrNO2/c14-8-13(15,12(16)17)11-7-3-5-9-4-1-2-6-10(9)11/h1-7H,8,15H2,(H,16,17). The van der Waals surface area contributed by atoms with E-state index in [4.69, 9.17) is 5.73 Å². The summed E-state index contributed by atoms with van der Waals surface area (Å²) < 4.78 is 0. The van der Waals surface area contributed by atoms with E-state index in [1.807, 2.05) is 36.4 Å². The molecule has 2 rings (SSSR count). The van der Waals surface area contributed by atoms with E-state index in [1.165, 1.54) is 0 Å². The first-order chi connectivity index (χ1) is 8.09. The number of rotatable bonds is 3. The van der Waals surface area contributed by atoms with Crippen LogP contribution in [0.5, 0.6) is 0 Å². The second kappa shape index (κ2) is 4.47. The highest BCUT2D eigenvalue weighted by atomic mass is 79.9. The second-order valence-electron chi connectivity index (χ2n) is 3.94. The van der Waals surface area contributed by atoms with Gasteiger partial charge in [0.2, 0.25) is 0 Å². The van der Waals surface area contributed by atoms with E-state index in [1.54, 1.807) is 6.07 Å². The molecule has 0 aliphatic carbocycles. The number of fused-ring (bicyclic) bond motifs is 1. The molecule has 2 aromatic carbocycles. The van der Waals surface area contributed by atoms with Gasteiger partial charge in [0.05, 0.1) is 0 Å². The highest BCUT2D eigenvalue weighted by molar-refractivity contribution is 9.09. The molecule has 0 saturated carbocycles. The molecule has 1 atom stereocenters. The Bertz CT molecular complexity index is 565. The number of carbonyl (C=O) groups is 1.